The normalized spacial score (nSPS) is 18.8. The molecule has 5 heteroatoms. The highest BCUT2D eigenvalue weighted by atomic mass is 32.2. The first kappa shape index (κ1) is 15.2. The fourth-order valence-electron chi connectivity index (χ4n) is 2.37. The van der Waals surface area contributed by atoms with Gasteiger partial charge in [0.05, 0.1) is 11.7 Å². The van der Waals surface area contributed by atoms with Crippen molar-refractivity contribution >= 4 is 23.4 Å². The summed E-state index contributed by atoms with van der Waals surface area (Å²) in [6, 6.07) is 5.58. The molecule has 0 aromatic heterocycles. The molecule has 1 fully saturated rings. The fourth-order valence-corrected chi connectivity index (χ4v) is 3.19. The molecule has 20 heavy (non-hydrogen) atoms. The van der Waals surface area contributed by atoms with Gasteiger partial charge in [0, 0.05) is 23.7 Å². The van der Waals surface area contributed by atoms with Crippen LogP contribution in [0.25, 0.3) is 0 Å². The quantitative estimate of drug-likeness (QED) is 0.787. The first-order chi connectivity index (χ1) is 9.72. The summed E-state index contributed by atoms with van der Waals surface area (Å²) in [5.74, 6) is -0.0243. The first-order valence-corrected chi connectivity index (χ1v) is 8.05. The van der Waals surface area contributed by atoms with Crippen LogP contribution in [0.15, 0.2) is 23.1 Å². The molecule has 1 heterocycles. The van der Waals surface area contributed by atoms with Gasteiger partial charge >= 0.3 is 5.97 Å². The molecule has 1 aromatic carbocycles. The van der Waals surface area contributed by atoms with Gasteiger partial charge in [0.25, 0.3) is 0 Å². The topological polar surface area (TPSA) is 58.6 Å². The van der Waals surface area contributed by atoms with E-state index in [4.69, 9.17) is 4.74 Å². The molecule has 0 amide bonds. The third-order valence-corrected chi connectivity index (χ3v) is 4.27. The Labute approximate surface area is 123 Å². The van der Waals surface area contributed by atoms with E-state index < -0.39 is 5.97 Å². The summed E-state index contributed by atoms with van der Waals surface area (Å²) in [5.41, 5.74) is 1.06. The lowest BCUT2D eigenvalue weighted by Gasteiger charge is -2.23. The van der Waals surface area contributed by atoms with E-state index in [-0.39, 0.29) is 6.10 Å². The zero-order valence-corrected chi connectivity index (χ0v) is 12.5. The zero-order valence-electron chi connectivity index (χ0n) is 11.7. The first-order valence-electron chi connectivity index (χ1n) is 7.07. The predicted octanol–water partition coefficient (Wildman–Crippen LogP) is 3.48. The number of carboxylic acids is 1. The van der Waals surface area contributed by atoms with Crippen molar-refractivity contribution in [3.63, 3.8) is 0 Å². The van der Waals surface area contributed by atoms with Crippen molar-refractivity contribution in [2.24, 2.45) is 0 Å². The average Bonchev–Trinajstić information content (AvgIpc) is 2.46. The number of carbonyl (C=O) groups is 1. The van der Waals surface area contributed by atoms with Gasteiger partial charge in [-0.15, -0.1) is 11.8 Å². The number of aromatic carboxylic acids is 1. The van der Waals surface area contributed by atoms with Gasteiger partial charge in [-0.25, -0.2) is 4.79 Å². The van der Waals surface area contributed by atoms with Gasteiger partial charge in [-0.3, -0.25) is 0 Å². The van der Waals surface area contributed by atoms with Crippen molar-refractivity contribution in [1.82, 2.24) is 0 Å². The molecule has 0 bridgehead atoms. The van der Waals surface area contributed by atoms with Gasteiger partial charge in [-0.05, 0) is 37.1 Å². The summed E-state index contributed by atoms with van der Waals surface area (Å²) in [6.07, 6.45) is 3.54. The van der Waals surface area contributed by atoms with E-state index in [2.05, 4.69) is 5.32 Å². The van der Waals surface area contributed by atoms with Crippen molar-refractivity contribution in [2.45, 2.75) is 37.2 Å². The number of hydrogen-bond donors (Lipinski definition) is 2. The molecule has 1 aliphatic rings. The van der Waals surface area contributed by atoms with Crippen molar-refractivity contribution in [1.29, 1.82) is 0 Å². The van der Waals surface area contributed by atoms with Crippen LogP contribution in [0.5, 0.6) is 0 Å². The lowest BCUT2D eigenvalue weighted by atomic mass is 10.1. The van der Waals surface area contributed by atoms with Crippen LogP contribution < -0.4 is 5.32 Å². The minimum atomic E-state index is -0.881. The smallest absolute Gasteiger partial charge is 0.338 e. The van der Waals surface area contributed by atoms with Crippen LogP contribution in [0.4, 0.5) is 5.69 Å². The van der Waals surface area contributed by atoms with Crippen LogP contribution in [-0.4, -0.2) is 36.1 Å². The van der Waals surface area contributed by atoms with Crippen LogP contribution in [0.1, 0.15) is 36.5 Å². The standard InChI is InChI=1S/C15H21NO3S/c1-2-20-13-8-5-7-12(14(13)15(17)18)16-10-11-6-3-4-9-19-11/h5,7-8,11,16H,2-4,6,9-10H2,1H3,(H,17,18). The van der Waals surface area contributed by atoms with E-state index >= 15 is 0 Å². The Bertz CT molecular complexity index is 458. The Kier molecular flexibility index (Phi) is 5.73. The van der Waals surface area contributed by atoms with Crippen LogP contribution in [0.2, 0.25) is 0 Å². The van der Waals surface area contributed by atoms with Crippen LogP contribution in [0.3, 0.4) is 0 Å². The van der Waals surface area contributed by atoms with Gasteiger partial charge in [0.15, 0.2) is 0 Å². The molecule has 4 nitrogen and oxygen atoms in total. The summed E-state index contributed by atoms with van der Waals surface area (Å²) >= 11 is 1.55. The van der Waals surface area contributed by atoms with Crippen LogP contribution in [0, 0.1) is 0 Å². The molecule has 110 valence electrons. The Balaban J connectivity index is 2.09. The van der Waals surface area contributed by atoms with E-state index in [9.17, 15) is 9.90 Å². The summed E-state index contributed by atoms with van der Waals surface area (Å²) in [6.45, 7) is 3.50. The maximum atomic E-state index is 11.5. The minimum Gasteiger partial charge on any atom is -0.478 e. The summed E-state index contributed by atoms with van der Waals surface area (Å²) in [7, 11) is 0. The van der Waals surface area contributed by atoms with E-state index in [1.807, 2.05) is 25.1 Å². The molecular weight excluding hydrogens is 274 g/mol. The maximum Gasteiger partial charge on any atom is 0.338 e. The lowest BCUT2D eigenvalue weighted by molar-refractivity contribution is 0.0247. The molecule has 0 spiro atoms. The van der Waals surface area contributed by atoms with Crippen molar-refractivity contribution in [3.05, 3.63) is 23.8 Å². The zero-order chi connectivity index (χ0) is 14.4. The van der Waals surface area contributed by atoms with Gasteiger partial charge in [-0.2, -0.15) is 0 Å². The summed E-state index contributed by atoms with van der Waals surface area (Å²) < 4.78 is 5.66. The average molecular weight is 295 g/mol. The van der Waals surface area contributed by atoms with Crippen LogP contribution in [-0.2, 0) is 4.74 Å². The second kappa shape index (κ2) is 7.55. The fraction of sp³-hybridized carbons (Fsp3) is 0.533. The Hall–Kier alpha value is -1.20. The molecule has 1 saturated heterocycles. The molecule has 1 atom stereocenters. The van der Waals surface area contributed by atoms with Gasteiger partial charge in [-0.1, -0.05) is 13.0 Å². The number of nitrogens with one attached hydrogen (secondary N) is 1. The monoisotopic (exact) mass is 295 g/mol. The van der Waals surface area contributed by atoms with Gasteiger partial charge in [0.2, 0.25) is 0 Å². The molecule has 0 radical (unpaired) electrons. The van der Waals surface area contributed by atoms with Gasteiger partial charge < -0.3 is 15.2 Å². The molecule has 0 aliphatic carbocycles. The number of ether oxygens (including phenoxy) is 1. The van der Waals surface area contributed by atoms with E-state index in [0.29, 0.717) is 17.8 Å². The number of thioether (sulfide) groups is 1. The number of benzene rings is 1. The Morgan fingerprint density at radius 3 is 3.00 bits per heavy atom. The molecule has 2 N–H and O–H groups in total. The molecular formula is C15H21NO3S. The number of rotatable bonds is 6. The SMILES string of the molecule is CCSc1cccc(NCC2CCCCO2)c1C(=O)O. The van der Waals surface area contributed by atoms with E-state index in [1.165, 1.54) is 6.42 Å². The predicted molar refractivity (Wildman–Crippen MR) is 81.9 cm³/mol. The van der Waals surface area contributed by atoms with Crippen molar-refractivity contribution in [3.8, 4) is 0 Å². The third kappa shape index (κ3) is 3.90. The molecule has 1 aromatic rings. The minimum absolute atomic E-state index is 0.188. The molecule has 2 rings (SSSR count). The highest BCUT2D eigenvalue weighted by molar-refractivity contribution is 7.99. The maximum absolute atomic E-state index is 11.5. The largest absolute Gasteiger partial charge is 0.478 e. The number of hydrogen-bond acceptors (Lipinski definition) is 4. The van der Waals surface area contributed by atoms with Crippen molar-refractivity contribution < 1.29 is 14.6 Å². The molecule has 0 saturated carbocycles. The van der Waals surface area contributed by atoms with E-state index in [0.717, 1.165) is 30.1 Å². The third-order valence-electron chi connectivity index (χ3n) is 3.33. The van der Waals surface area contributed by atoms with Gasteiger partial charge in [0.1, 0.15) is 0 Å². The second-order valence-electron chi connectivity index (χ2n) is 4.79. The highest BCUT2D eigenvalue weighted by Gasteiger charge is 2.18. The Morgan fingerprint density at radius 2 is 2.35 bits per heavy atom. The van der Waals surface area contributed by atoms with E-state index in [1.54, 1.807) is 11.8 Å². The number of carboxylic acid groups (broad SMARTS) is 1. The summed E-state index contributed by atoms with van der Waals surface area (Å²) in [5, 5.41) is 12.7. The highest BCUT2D eigenvalue weighted by Crippen LogP contribution is 2.29. The molecule has 1 unspecified atom stereocenters. The Morgan fingerprint density at radius 1 is 1.50 bits per heavy atom. The lowest BCUT2D eigenvalue weighted by Crippen LogP contribution is -2.27. The molecule has 1 aliphatic heterocycles. The van der Waals surface area contributed by atoms with Crippen molar-refractivity contribution in [2.75, 3.05) is 24.2 Å². The number of anilines is 1. The van der Waals surface area contributed by atoms with Crippen LogP contribution >= 0.6 is 11.8 Å². The second-order valence-corrected chi connectivity index (χ2v) is 6.09. The summed E-state index contributed by atoms with van der Waals surface area (Å²) in [4.78, 5) is 12.3.